The van der Waals surface area contributed by atoms with Gasteiger partial charge in [0.15, 0.2) is 5.60 Å². The number of anilines is 3. The summed E-state index contributed by atoms with van der Waals surface area (Å²) >= 11 is 2.44. The van der Waals surface area contributed by atoms with Crippen LogP contribution in [0.3, 0.4) is 0 Å². The molecule has 1 atom stereocenters. The summed E-state index contributed by atoms with van der Waals surface area (Å²) in [5.74, 6) is 0.940. The Labute approximate surface area is 301 Å². The number of fused-ring (bicyclic) bond motifs is 8. The van der Waals surface area contributed by atoms with Gasteiger partial charge >= 0.3 is 0 Å². The summed E-state index contributed by atoms with van der Waals surface area (Å²) in [4.78, 5) is 2.30. The van der Waals surface area contributed by atoms with Gasteiger partial charge in [0.05, 0.1) is 0 Å². The molecule has 9 rings (SSSR count). The molecule has 0 saturated carbocycles. The third kappa shape index (κ3) is 4.67. The first-order valence-electron chi connectivity index (χ1n) is 16.8. The van der Waals surface area contributed by atoms with Crippen molar-refractivity contribution in [2.45, 2.75) is 24.9 Å². The minimum Gasteiger partial charge on any atom is -0.472 e. The maximum Gasteiger partial charge on any atom is 0.178 e. The van der Waals surface area contributed by atoms with E-state index in [1.54, 1.807) is 0 Å². The Morgan fingerprint density at radius 1 is 0.571 bits per heavy atom. The molecule has 2 nitrogen and oxygen atoms in total. The maximum atomic E-state index is 7.51. The summed E-state index contributed by atoms with van der Waals surface area (Å²) in [5, 5.41) is 2.37. The number of nitrogens with zero attached hydrogens (tertiary/aromatic N) is 1. The second-order valence-electron chi connectivity index (χ2n) is 13.4. The van der Waals surface area contributed by atoms with Gasteiger partial charge in [-0.3, -0.25) is 0 Å². The minimum atomic E-state index is -0.820. The first-order chi connectivity index (χ1) is 24.0. The molecule has 0 N–H and O–H groups in total. The van der Waals surface area contributed by atoms with Crippen LogP contribution in [0.1, 0.15) is 41.7 Å². The average Bonchev–Trinajstić information content (AvgIpc) is 3.39. The molecule has 3 heteroatoms. The Hall–Kier alpha value is -5.13. The Morgan fingerprint density at radius 3 is 1.78 bits per heavy atom. The fraction of sp³-hybridized carbons (Fsp3) is 0.0870. The second-order valence-corrected chi connectivity index (χ2v) is 14.7. The molecule has 1 aliphatic carbocycles. The van der Waals surface area contributed by atoms with Gasteiger partial charge < -0.3 is 9.64 Å². The zero-order valence-electron chi connectivity index (χ0n) is 27.4. The largest absolute Gasteiger partial charge is 0.472 e. The second kappa shape index (κ2) is 11.5. The van der Waals surface area contributed by atoms with Gasteiger partial charge in [0.25, 0.3) is 0 Å². The lowest BCUT2D eigenvalue weighted by molar-refractivity contribution is 0.163. The zero-order chi connectivity index (χ0) is 33.2. The van der Waals surface area contributed by atoms with E-state index >= 15 is 0 Å². The molecule has 0 bridgehead atoms. The van der Waals surface area contributed by atoms with Gasteiger partial charge in [-0.15, -0.1) is 0 Å². The van der Waals surface area contributed by atoms with Crippen molar-refractivity contribution in [3.63, 3.8) is 0 Å². The van der Waals surface area contributed by atoms with E-state index in [2.05, 4.69) is 211 Å². The highest BCUT2D eigenvalue weighted by atomic mass is 127. The van der Waals surface area contributed by atoms with Gasteiger partial charge in [0, 0.05) is 48.1 Å². The van der Waals surface area contributed by atoms with E-state index in [0.29, 0.717) is 0 Å². The van der Waals surface area contributed by atoms with E-state index in [1.165, 1.54) is 36.8 Å². The highest BCUT2D eigenvalue weighted by Crippen LogP contribution is 2.58. The molecule has 49 heavy (non-hydrogen) atoms. The molecule has 0 amide bonds. The molecule has 7 aromatic carbocycles. The summed E-state index contributed by atoms with van der Waals surface area (Å²) in [6.07, 6.45) is 4.62. The highest BCUT2D eigenvalue weighted by Gasteiger charge is 2.44. The molecule has 0 fully saturated rings. The number of ether oxygens (including phenoxy) is 1. The Bertz CT molecular complexity index is 2340. The lowest BCUT2D eigenvalue weighted by atomic mass is 9.77. The summed E-state index contributed by atoms with van der Waals surface area (Å²) in [6, 6.07) is 56.3. The number of hydrogen-bond donors (Lipinski definition) is 0. The van der Waals surface area contributed by atoms with E-state index in [4.69, 9.17) is 4.74 Å². The normalized spacial score (nSPS) is 16.8. The van der Waals surface area contributed by atoms with Crippen LogP contribution in [0.5, 0.6) is 5.75 Å². The number of rotatable bonds is 5. The van der Waals surface area contributed by atoms with Crippen molar-refractivity contribution in [3.05, 3.63) is 195 Å². The highest BCUT2D eigenvalue weighted by molar-refractivity contribution is 14.1. The number of para-hydroxylation sites is 2. The van der Waals surface area contributed by atoms with Gasteiger partial charge in [-0.05, 0) is 105 Å². The fourth-order valence-electron chi connectivity index (χ4n) is 8.03. The lowest BCUT2D eigenvalue weighted by Crippen LogP contribution is -2.35. The first-order valence-corrected chi connectivity index (χ1v) is 17.9. The van der Waals surface area contributed by atoms with E-state index < -0.39 is 5.60 Å². The van der Waals surface area contributed by atoms with Gasteiger partial charge in [-0.25, -0.2) is 0 Å². The molecule has 2 aliphatic rings. The van der Waals surface area contributed by atoms with Crippen molar-refractivity contribution in [1.29, 1.82) is 0 Å². The third-order valence-corrected chi connectivity index (χ3v) is 11.0. The standard InChI is InChI=1S/C46H34INO/c1-45(2)41-30-33(47)24-27-39(41)42-37-20-12-13-21-38(37)44-40(43(42)45)28-29-46(49-44,31-14-6-3-7-15-31)32-22-25-36(26-23-32)48(34-16-8-4-9-17-34)35-18-10-5-11-19-35/h3-30H,1-2H3. The molecule has 1 aliphatic heterocycles. The van der Waals surface area contributed by atoms with Crippen LogP contribution in [-0.2, 0) is 11.0 Å². The van der Waals surface area contributed by atoms with Gasteiger partial charge in [0.1, 0.15) is 5.75 Å². The van der Waals surface area contributed by atoms with Gasteiger partial charge in [0.2, 0.25) is 0 Å². The van der Waals surface area contributed by atoms with Crippen LogP contribution in [0.2, 0.25) is 0 Å². The predicted octanol–water partition coefficient (Wildman–Crippen LogP) is 12.6. The van der Waals surface area contributed by atoms with Gasteiger partial charge in [-0.1, -0.05) is 129 Å². The molecule has 7 aromatic rings. The van der Waals surface area contributed by atoms with Crippen LogP contribution in [0.15, 0.2) is 164 Å². The maximum absolute atomic E-state index is 7.51. The van der Waals surface area contributed by atoms with E-state index in [1.807, 2.05) is 0 Å². The molecule has 0 saturated heterocycles. The van der Waals surface area contributed by atoms with E-state index in [0.717, 1.165) is 39.3 Å². The smallest absolute Gasteiger partial charge is 0.178 e. The first kappa shape index (κ1) is 30.0. The van der Waals surface area contributed by atoms with Crippen LogP contribution in [-0.4, -0.2) is 0 Å². The van der Waals surface area contributed by atoms with Crippen LogP contribution in [0, 0.1) is 3.57 Å². The van der Waals surface area contributed by atoms with E-state index in [9.17, 15) is 0 Å². The van der Waals surface area contributed by atoms with Crippen molar-refractivity contribution < 1.29 is 4.74 Å². The number of halogens is 1. The monoisotopic (exact) mass is 743 g/mol. The SMILES string of the molecule is CC1(C)c2cc(I)ccc2-c2c1c1c(c3ccccc23)OC(c2ccccc2)(c2ccc(N(c3ccccc3)c3ccccc3)cc2)C=C1. The van der Waals surface area contributed by atoms with Crippen LogP contribution < -0.4 is 9.64 Å². The molecule has 236 valence electrons. The van der Waals surface area contributed by atoms with Gasteiger partial charge in [-0.2, -0.15) is 0 Å². The summed E-state index contributed by atoms with van der Waals surface area (Å²) < 4.78 is 8.77. The topological polar surface area (TPSA) is 12.5 Å². The van der Waals surface area contributed by atoms with Crippen molar-refractivity contribution in [2.24, 2.45) is 0 Å². The zero-order valence-corrected chi connectivity index (χ0v) is 29.6. The molecule has 0 spiro atoms. The molecule has 1 unspecified atom stereocenters. The van der Waals surface area contributed by atoms with E-state index in [-0.39, 0.29) is 5.41 Å². The Morgan fingerprint density at radius 2 is 1.12 bits per heavy atom. The summed E-state index contributed by atoms with van der Waals surface area (Å²) in [5.41, 5.74) is 11.0. The van der Waals surface area contributed by atoms with Crippen molar-refractivity contribution in [1.82, 2.24) is 0 Å². The summed E-state index contributed by atoms with van der Waals surface area (Å²) in [6.45, 7) is 4.72. The fourth-order valence-corrected chi connectivity index (χ4v) is 8.52. The van der Waals surface area contributed by atoms with Crippen LogP contribution in [0.4, 0.5) is 17.1 Å². The van der Waals surface area contributed by atoms with Crippen molar-refractivity contribution in [2.75, 3.05) is 4.90 Å². The van der Waals surface area contributed by atoms with Crippen molar-refractivity contribution >= 4 is 56.5 Å². The average molecular weight is 744 g/mol. The third-order valence-electron chi connectivity index (χ3n) is 10.3. The molecule has 0 radical (unpaired) electrons. The molecular weight excluding hydrogens is 709 g/mol. The Kier molecular flexibility index (Phi) is 7.03. The quantitative estimate of drug-likeness (QED) is 0.163. The van der Waals surface area contributed by atoms with Crippen LogP contribution in [0.25, 0.3) is 28.0 Å². The Balaban J connectivity index is 1.23. The minimum absolute atomic E-state index is 0.180. The lowest BCUT2D eigenvalue weighted by Gasteiger charge is -2.38. The number of hydrogen-bond acceptors (Lipinski definition) is 2. The molecule has 1 heterocycles. The van der Waals surface area contributed by atoms with Crippen LogP contribution >= 0.6 is 22.6 Å². The predicted molar refractivity (Wildman–Crippen MR) is 212 cm³/mol. The van der Waals surface area contributed by atoms with Crippen molar-refractivity contribution in [3.8, 4) is 16.9 Å². The molecule has 0 aromatic heterocycles. The number of benzene rings is 7. The summed E-state index contributed by atoms with van der Waals surface area (Å²) in [7, 11) is 0. The molecular formula is C46H34INO.